The number of carbonyl (C=O) groups excluding carboxylic acids is 2. The Kier molecular flexibility index (Phi) is 5.63. The maximum absolute atomic E-state index is 12.1. The molecule has 0 saturated carbocycles. The molecule has 0 spiro atoms. The maximum atomic E-state index is 12.1. The largest absolute Gasteiger partial charge is 0.427 e. The van der Waals surface area contributed by atoms with Crippen LogP contribution in [0.5, 0.6) is 5.75 Å². The van der Waals surface area contributed by atoms with Crippen molar-refractivity contribution in [3.63, 3.8) is 0 Å². The first kappa shape index (κ1) is 18.1. The maximum Gasteiger partial charge on any atom is 0.363 e. The van der Waals surface area contributed by atoms with E-state index in [4.69, 9.17) is 9.47 Å². The van der Waals surface area contributed by atoms with Crippen molar-refractivity contribution in [2.75, 3.05) is 0 Å². The van der Waals surface area contributed by atoms with Crippen molar-refractivity contribution in [3.8, 4) is 5.75 Å². The molecular formula is C20H16BrNO4. The Balaban J connectivity index is 1.84. The monoisotopic (exact) mass is 413 g/mol. The molecule has 0 N–H and O–H groups in total. The molecular weight excluding hydrogens is 398 g/mol. The first-order valence-corrected chi connectivity index (χ1v) is 8.94. The first-order valence-electron chi connectivity index (χ1n) is 8.15. The summed E-state index contributed by atoms with van der Waals surface area (Å²) in [4.78, 5) is 28.0. The smallest absolute Gasteiger partial charge is 0.363 e. The van der Waals surface area contributed by atoms with Crippen LogP contribution in [0.1, 0.15) is 30.9 Å². The molecule has 0 aliphatic carbocycles. The third-order valence-corrected chi connectivity index (χ3v) is 4.26. The Morgan fingerprint density at radius 2 is 2.04 bits per heavy atom. The number of benzene rings is 2. The van der Waals surface area contributed by atoms with Crippen LogP contribution in [0.4, 0.5) is 0 Å². The number of rotatable bonds is 5. The number of esters is 2. The molecule has 5 nitrogen and oxygen atoms in total. The van der Waals surface area contributed by atoms with Crippen molar-refractivity contribution in [1.29, 1.82) is 0 Å². The molecule has 0 fully saturated rings. The Morgan fingerprint density at radius 1 is 1.23 bits per heavy atom. The molecule has 0 amide bonds. The highest BCUT2D eigenvalue weighted by molar-refractivity contribution is 9.10. The van der Waals surface area contributed by atoms with Gasteiger partial charge in [-0.3, -0.25) is 4.79 Å². The van der Waals surface area contributed by atoms with Gasteiger partial charge in [0.15, 0.2) is 5.70 Å². The minimum absolute atomic E-state index is 0.188. The number of ether oxygens (including phenoxy) is 2. The summed E-state index contributed by atoms with van der Waals surface area (Å²) in [6.07, 6.45) is 2.68. The van der Waals surface area contributed by atoms with Crippen LogP contribution in [0.15, 0.2) is 63.7 Å². The lowest BCUT2D eigenvalue weighted by molar-refractivity contribution is -0.134. The van der Waals surface area contributed by atoms with Gasteiger partial charge in [0.25, 0.3) is 0 Å². The molecule has 0 aromatic heterocycles. The summed E-state index contributed by atoms with van der Waals surface area (Å²) in [7, 11) is 0. The number of cyclic esters (lactones) is 1. The van der Waals surface area contributed by atoms with E-state index in [1.54, 1.807) is 30.3 Å². The van der Waals surface area contributed by atoms with E-state index in [-0.39, 0.29) is 17.6 Å². The zero-order chi connectivity index (χ0) is 18.5. The van der Waals surface area contributed by atoms with Crippen LogP contribution in [0.2, 0.25) is 0 Å². The molecule has 6 heteroatoms. The molecule has 0 bridgehead atoms. The van der Waals surface area contributed by atoms with E-state index in [9.17, 15) is 9.59 Å². The van der Waals surface area contributed by atoms with Crippen LogP contribution in [0.3, 0.4) is 0 Å². The summed E-state index contributed by atoms with van der Waals surface area (Å²) < 4.78 is 11.3. The summed E-state index contributed by atoms with van der Waals surface area (Å²) in [6, 6.07) is 14.3. The van der Waals surface area contributed by atoms with Gasteiger partial charge in [0.2, 0.25) is 5.90 Å². The van der Waals surface area contributed by atoms with Crippen LogP contribution >= 0.6 is 15.9 Å². The second-order valence-electron chi connectivity index (χ2n) is 5.61. The van der Waals surface area contributed by atoms with Gasteiger partial charge < -0.3 is 9.47 Å². The molecule has 26 heavy (non-hydrogen) atoms. The highest BCUT2D eigenvalue weighted by Gasteiger charge is 2.25. The molecule has 3 rings (SSSR count). The molecule has 1 aliphatic rings. The lowest BCUT2D eigenvalue weighted by Gasteiger charge is -2.04. The number of hydrogen-bond donors (Lipinski definition) is 0. The van der Waals surface area contributed by atoms with Gasteiger partial charge >= 0.3 is 11.9 Å². The van der Waals surface area contributed by atoms with Crippen LogP contribution in [0.25, 0.3) is 6.08 Å². The SMILES string of the molecule is CCCC(=O)Oc1cccc(/C=C2\N=C(c3ccccc3Br)OC2=O)c1. The van der Waals surface area contributed by atoms with Gasteiger partial charge in [-0.2, -0.15) is 0 Å². The molecule has 0 unspecified atom stereocenters. The fraction of sp³-hybridized carbons (Fsp3) is 0.150. The molecule has 0 saturated heterocycles. The van der Waals surface area contributed by atoms with Crippen molar-refractivity contribution in [1.82, 2.24) is 0 Å². The Hall–Kier alpha value is -2.73. The van der Waals surface area contributed by atoms with E-state index in [1.165, 1.54) is 0 Å². The van der Waals surface area contributed by atoms with Gasteiger partial charge in [-0.15, -0.1) is 0 Å². The lowest BCUT2D eigenvalue weighted by Crippen LogP contribution is -2.06. The van der Waals surface area contributed by atoms with Crippen LogP contribution in [0, 0.1) is 0 Å². The second kappa shape index (κ2) is 8.10. The van der Waals surface area contributed by atoms with Gasteiger partial charge in [-0.05, 0) is 58.3 Å². The minimum atomic E-state index is -0.524. The van der Waals surface area contributed by atoms with E-state index in [0.29, 0.717) is 23.3 Å². The predicted molar refractivity (Wildman–Crippen MR) is 102 cm³/mol. The minimum Gasteiger partial charge on any atom is -0.427 e. The molecule has 2 aromatic rings. The van der Waals surface area contributed by atoms with Crippen molar-refractivity contribution in [2.45, 2.75) is 19.8 Å². The standard InChI is InChI=1S/C20H16BrNO4/c1-2-6-18(23)25-14-8-5-7-13(11-14)12-17-20(24)26-19(22-17)15-9-3-4-10-16(15)21/h3-5,7-12H,2,6H2,1H3/b17-12-. The molecule has 132 valence electrons. The van der Waals surface area contributed by atoms with Crippen LogP contribution < -0.4 is 4.74 Å². The summed E-state index contributed by atoms with van der Waals surface area (Å²) in [5, 5.41) is 0. The Morgan fingerprint density at radius 3 is 2.81 bits per heavy atom. The molecule has 1 heterocycles. The number of halogens is 1. The number of nitrogens with zero attached hydrogens (tertiary/aromatic N) is 1. The zero-order valence-electron chi connectivity index (χ0n) is 14.1. The van der Waals surface area contributed by atoms with Crippen LogP contribution in [-0.2, 0) is 14.3 Å². The topological polar surface area (TPSA) is 65.0 Å². The average molecular weight is 414 g/mol. The molecule has 0 radical (unpaired) electrons. The summed E-state index contributed by atoms with van der Waals surface area (Å²) in [5.41, 5.74) is 1.58. The van der Waals surface area contributed by atoms with Gasteiger partial charge in [0.1, 0.15) is 5.75 Å². The van der Waals surface area contributed by atoms with E-state index in [0.717, 1.165) is 10.9 Å². The fourth-order valence-electron chi connectivity index (χ4n) is 2.37. The summed E-state index contributed by atoms with van der Waals surface area (Å²) >= 11 is 3.42. The average Bonchev–Trinajstić information content (AvgIpc) is 2.96. The second-order valence-corrected chi connectivity index (χ2v) is 6.47. The van der Waals surface area contributed by atoms with Crippen molar-refractivity contribution >= 4 is 39.8 Å². The highest BCUT2D eigenvalue weighted by atomic mass is 79.9. The number of carbonyl (C=O) groups is 2. The summed E-state index contributed by atoms with van der Waals surface area (Å²) in [5.74, 6) is -0.130. The lowest BCUT2D eigenvalue weighted by atomic mass is 10.2. The van der Waals surface area contributed by atoms with Crippen LogP contribution in [-0.4, -0.2) is 17.8 Å². The first-order chi connectivity index (χ1) is 12.6. The Labute approximate surface area is 159 Å². The third-order valence-electron chi connectivity index (χ3n) is 3.57. The van der Waals surface area contributed by atoms with E-state index in [2.05, 4.69) is 20.9 Å². The third kappa shape index (κ3) is 4.26. The zero-order valence-corrected chi connectivity index (χ0v) is 15.7. The Bertz CT molecular complexity index is 918. The number of hydrogen-bond acceptors (Lipinski definition) is 5. The quantitative estimate of drug-likeness (QED) is 0.411. The summed E-state index contributed by atoms with van der Waals surface area (Å²) in [6.45, 7) is 1.91. The number of aliphatic imine (C=N–C) groups is 1. The van der Waals surface area contributed by atoms with Crippen molar-refractivity contribution in [3.05, 3.63) is 69.8 Å². The van der Waals surface area contributed by atoms with E-state index in [1.807, 2.05) is 31.2 Å². The fourth-order valence-corrected chi connectivity index (χ4v) is 2.83. The molecule has 0 atom stereocenters. The molecule has 1 aliphatic heterocycles. The van der Waals surface area contributed by atoms with E-state index >= 15 is 0 Å². The van der Waals surface area contributed by atoms with Gasteiger partial charge in [-0.25, -0.2) is 9.79 Å². The van der Waals surface area contributed by atoms with Gasteiger partial charge in [0, 0.05) is 10.9 Å². The van der Waals surface area contributed by atoms with Crippen molar-refractivity contribution < 1.29 is 19.1 Å². The molecule has 2 aromatic carbocycles. The predicted octanol–water partition coefficient (Wildman–Crippen LogP) is 4.50. The van der Waals surface area contributed by atoms with Crippen molar-refractivity contribution in [2.24, 2.45) is 4.99 Å². The normalized spacial score (nSPS) is 14.9. The van der Waals surface area contributed by atoms with E-state index < -0.39 is 5.97 Å². The van der Waals surface area contributed by atoms with Gasteiger partial charge in [0.05, 0.1) is 5.56 Å². The van der Waals surface area contributed by atoms with Gasteiger partial charge in [-0.1, -0.05) is 31.2 Å². The highest BCUT2D eigenvalue weighted by Crippen LogP contribution is 2.24.